The van der Waals surface area contributed by atoms with Crippen molar-refractivity contribution in [1.82, 2.24) is 15.2 Å². The van der Waals surface area contributed by atoms with Crippen LogP contribution in [0.25, 0.3) is 0 Å². The Hall–Kier alpha value is -1.08. The number of hydrazine groups is 1. The number of nitrogens with zero attached hydrogens (tertiary/aromatic N) is 2. The number of nitrogens with two attached hydrogens (primary N) is 1. The lowest BCUT2D eigenvalue weighted by atomic mass is 9.94. The van der Waals surface area contributed by atoms with Gasteiger partial charge in [-0.15, -0.1) is 0 Å². The maximum Gasteiger partial charge on any atom is 0.126 e. The molecule has 6 heteroatoms. The summed E-state index contributed by atoms with van der Waals surface area (Å²) in [7, 11) is 0. The first-order valence-corrected chi connectivity index (χ1v) is 7.04. The zero-order valence-corrected chi connectivity index (χ0v) is 11.4. The average Bonchev–Trinajstić information content (AvgIpc) is 2.49. The fraction of sp³-hybridized carbons (Fsp3) is 0.571. The summed E-state index contributed by atoms with van der Waals surface area (Å²) in [4.78, 5) is 4.79. The molecule has 0 aliphatic carbocycles. The maximum atomic E-state index is 13.8. The van der Waals surface area contributed by atoms with Gasteiger partial charge in [-0.25, -0.2) is 8.78 Å². The van der Waals surface area contributed by atoms with Gasteiger partial charge in [-0.05, 0) is 30.2 Å². The number of halogens is 2. The molecule has 4 nitrogen and oxygen atoms in total. The molecule has 3 aliphatic heterocycles. The Kier molecular flexibility index (Phi) is 3.98. The minimum absolute atomic E-state index is 0.0746. The summed E-state index contributed by atoms with van der Waals surface area (Å²) in [5, 5.41) is 0. The van der Waals surface area contributed by atoms with Crippen LogP contribution in [0.5, 0.6) is 0 Å². The standard InChI is InChI=1S/C14H20F2N4/c15-11-1-2-12(16)10(7-11)8-13(18-17)14-9-19-3-5-20(14)6-4-19/h1-2,7,13-14,18H,3-6,8-9,17H2. The number of benzene rings is 1. The molecule has 2 atom stereocenters. The number of rotatable bonds is 4. The Bertz CT molecular complexity index is 474. The van der Waals surface area contributed by atoms with E-state index in [0.717, 1.165) is 38.8 Å². The van der Waals surface area contributed by atoms with Crippen LogP contribution in [-0.4, -0.2) is 54.6 Å². The summed E-state index contributed by atoms with van der Waals surface area (Å²) in [6.45, 7) is 5.15. The summed E-state index contributed by atoms with van der Waals surface area (Å²) in [5.41, 5.74) is 3.17. The van der Waals surface area contributed by atoms with E-state index in [4.69, 9.17) is 5.84 Å². The molecule has 3 N–H and O–H groups in total. The Morgan fingerprint density at radius 1 is 1.25 bits per heavy atom. The van der Waals surface area contributed by atoms with Crippen molar-refractivity contribution in [2.75, 3.05) is 32.7 Å². The predicted molar refractivity (Wildman–Crippen MR) is 73.0 cm³/mol. The molecule has 1 aromatic rings. The van der Waals surface area contributed by atoms with Gasteiger partial charge in [0.1, 0.15) is 11.6 Å². The Labute approximate surface area is 117 Å². The maximum absolute atomic E-state index is 13.8. The third kappa shape index (κ3) is 2.69. The van der Waals surface area contributed by atoms with E-state index in [1.165, 1.54) is 12.1 Å². The second-order valence-corrected chi connectivity index (χ2v) is 5.62. The molecule has 3 aliphatic rings. The Balaban J connectivity index is 1.75. The van der Waals surface area contributed by atoms with Crippen molar-refractivity contribution < 1.29 is 8.78 Å². The van der Waals surface area contributed by atoms with E-state index in [-0.39, 0.29) is 17.9 Å². The van der Waals surface area contributed by atoms with E-state index in [9.17, 15) is 8.78 Å². The highest BCUT2D eigenvalue weighted by Crippen LogP contribution is 2.21. The Morgan fingerprint density at radius 3 is 2.60 bits per heavy atom. The van der Waals surface area contributed by atoms with Crippen molar-refractivity contribution in [2.24, 2.45) is 5.84 Å². The minimum atomic E-state index is -0.411. The van der Waals surface area contributed by atoms with Gasteiger partial charge in [-0.1, -0.05) is 0 Å². The third-order valence-corrected chi connectivity index (χ3v) is 4.45. The fourth-order valence-electron chi connectivity index (χ4n) is 3.28. The van der Waals surface area contributed by atoms with Crippen LogP contribution >= 0.6 is 0 Å². The van der Waals surface area contributed by atoms with Crippen molar-refractivity contribution in [3.05, 3.63) is 35.4 Å². The molecule has 0 aromatic heterocycles. The number of hydrogen-bond donors (Lipinski definition) is 2. The van der Waals surface area contributed by atoms with E-state index < -0.39 is 5.82 Å². The van der Waals surface area contributed by atoms with Gasteiger partial charge in [-0.2, -0.15) is 0 Å². The highest BCUT2D eigenvalue weighted by molar-refractivity contribution is 5.20. The normalized spacial score (nSPS) is 30.4. The van der Waals surface area contributed by atoms with Crippen LogP contribution in [0.15, 0.2) is 18.2 Å². The van der Waals surface area contributed by atoms with E-state index in [1.54, 1.807) is 0 Å². The van der Waals surface area contributed by atoms with Gasteiger partial charge in [0.25, 0.3) is 0 Å². The van der Waals surface area contributed by atoms with Crippen molar-refractivity contribution in [2.45, 2.75) is 18.5 Å². The molecule has 3 heterocycles. The summed E-state index contributed by atoms with van der Waals surface area (Å²) < 4.78 is 27.0. The molecule has 0 saturated carbocycles. The molecule has 110 valence electrons. The smallest absolute Gasteiger partial charge is 0.126 e. The van der Waals surface area contributed by atoms with Gasteiger partial charge in [-0.3, -0.25) is 21.1 Å². The summed E-state index contributed by atoms with van der Waals surface area (Å²) >= 11 is 0. The van der Waals surface area contributed by atoms with Crippen molar-refractivity contribution in [3.8, 4) is 0 Å². The van der Waals surface area contributed by atoms with Crippen LogP contribution < -0.4 is 11.3 Å². The largest absolute Gasteiger partial charge is 0.299 e. The van der Waals surface area contributed by atoms with E-state index >= 15 is 0 Å². The van der Waals surface area contributed by atoms with Crippen molar-refractivity contribution in [3.63, 3.8) is 0 Å². The number of piperazine rings is 3. The topological polar surface area (TPSA) is 44.5 Å². The highest BCUT2D eigenvalue weighted by atomic mass is 19.1. The van der Waals surface area contributed by atoms with Crippen LogP contribution in [0.4, 0.5) is 8.78 Å². The molecule has 2 bridgehead atoms. The van der Waals surface area contributed by atoms with Gasteiger partial charge in [0.15, 0.2) is 0 Å². The molecular weight excluding hydrogens is 262 g/mol. The first kappa shape index (κ1) is 13.9. The lowest BCUT2D eigenvalue weighted by Gasteiger charge is -2.50. The highest BCUT2D eigenvalue weighted by Gasteiger charge is 2.36. The Morgan fingerprint density at radius 2 is 2.00 bits per heavy atom. The lowest BCUT2D eigenvalue weighted by Crippen LogP contribution is -2.67. The SMILES string of the molecule is NNC(Cc1cc(F)ccc1F)C1CN2CCN1CC2. The van der Waals surface area contributed by atoms with Gasteiger partial charge < -0.3 is 0 Å². The number of fused-ring (bicyclic) bond motifs is 3. The van der Waals surface area contributed by atoms with Crippen LogP contribution in [0, 0.1) is 11.6 Å². The quantitative estimate of drug-likeness (QED) is 0.617. The van der Waals surface area contributed by atoms with Gasteiger partial charge in [0.2, 0.25) is 0 Å². The zero-order chi connectivity index (χ0) is 14.1. The summed E-state index contributed by atoms with van der Waals surface area (Å²) in [6.07, 6.45) is 0.398. The van der Waals surface area contributed by atoms with E-state index in [0.29, 0.717) is 12.0 Å². The summed E-state index contributed by atoms with van der Waals surface area (Å²) in [6, 6.07) is 3.76. The number of hydrogen-bond acceptors (Lipinski definition) is 4. The van der Waals surface area contributed by atoms with E-state index in [2.05, 4.69) is 15.2 Å². The minimum Gasteiger partial charge on any atom is -0.299 e. The van der Waals surface area contributed by atoms with Crippen LogP contribution in [-0.2, 0) is 6.42 Å². The molecule has 3 saturated heterocycles. The fourth-order valence-corrected chi connectivity index (χ4v) is 3.28. The third-order valence-electron chi connectivity index (χ3n) is 4.45. The average molecular weight is 282 g/mol. The summed E-state index contributed by atoms with van der Waals surface area (Å²) in [5.74, 6) is 4.88. The molecule has 2 unspecified atom stereocenters. The first-order valence-electron chi connectivity index (χ1n) is 7.04. The first-order chi connectivity index (χ1) is 9.67. The van der Waals surface area contributed by atoms with Crippen LogP contribution in [0.1, 0.15) is 5.56 Å². The van der Waals surface area contributed by atoms with Crippen molar-refractivity contribution >= 4 is 0 Å². The van der Waals surface area contributed by atoms with E-state index in [1.807, 2.05) is 0 Å². The molecule has 0 spiro atoms. The van der Waals surface area contributed by atoms with Crippen molar-refractivity contribution in [1.29, 1.82) is 0 Å². The second kappa shape index (κ2) is 5.73. The zero-order valence-electron chi connectivity index (χ0n) is 11.4. The molecule has 20 heavy (non-hydrogen) atoms. The second-order valence-electron chi connectivity index (χ2n) is 5.62. The predicted octanol–water partition coefficient (Wildman–Crippen LogP) is 0.339. The molecule has 3 fully saturated rings. The van der Waals surface area contributed by atoms with Crippen LogP contribution in [0.3, 0.4) is 0 Å². The molecule has 4 rings (SSSR count). The molecule has 1 aromatic carbocycles. The van der Waals surface area contributed by atoms with Gasteiger partial charge in [0.05, 0.1) is 0 Å². The van der Waals surface area contributed by atoms with Crippen LogP contribution in [0.2, 0.25) is 0 Å². The molecule has 0 amide bonds. The molecule has 0 radical (unpaired) electrons. The lowest BCUT2D eigenvalue weighted by molar-refractivity contribution is -0.00326. The van der Waals surface area contributed by atoms with Gasteiger partial charge >= 0.3 is 0 Å². The molecular formula is C14H20F2N4. The number of nitrogens with one attached hydrogen (secondary N) is 1. The monoisotopic (exact) mass is 282 g/mol. The van der Waals surface area contributed by atoms with Gasteiger partial charge in [0, 0.05) is 44.8 Å².